The molecule has 0 radical (unpaired) electrons. The molecule has 0 saturated carbocycles. The summed E-state index contributed by atoms with van der Waals surface area (Å²) in [5, 5.41) is 4.45. The van der Waals surface area contributed by atoms with Crippen LogP contribution >= 0.6 is 27.5 Å². The fourth-order valence-corrected chi connectivity index (χ4v) is 4.32. The Morgan fingerprint density at radius 2 is 1.75 bits per heavy atom. The maximum Gasteiger partial charge on any atom is 0.339 e. The van der Waals surface area contributed by atoms with E-state index in [1.807, 2.05) is 6.92 Å². The molecular formula is C22H18BrClN2O5S. The molecule has 0 unspecified atom stereocenters. The van der Waals surface area contributed by atoms with Crippen LogP contribution in [-0.2, 0) is 10.1 Å². The van der Waals surface area contributed by atoms with Gasteiger partial charge in [-0.05, 0) is 76.9 Å². The van der Waals surface area contributed by atoms with E-state index in [0.717, 1.165) is 5.56 Å². The highest BCUT2D eigenvalue weighted by Crippen LogP contribution is 2.38. The van der Waals surface area contributed by atoms with Crippen molar-refractivity contribution in [2.24, 2.45) is 5.10 Å². The number of benzene rings is 3. The molecule has 0 atom stereocenters. The summed E-state index contributed by atoms with van der Waals surface area (Å²) in [5.41, 5.74) is 4.26. The summed E-state index contributed by atoms with van der Waals surface area (Å²) in [6, 6.07) is 15.8. The van der Waals surface area contributed by atoms with Gasteiger partial charge in [-0.3, -0.25) is 4.79 Å². The van der Waals surface area contributed by atoms with Crippen molar-refractivity contribution in [3.8, 4) is 11.5 Å². The average Bonchev–Trinajstić information content (AvgIpc) is 2.76. The monoisotopic (exact) mass is 536 g/mol. The summed E-state index contributed by atoms with van der Waals surface area (Å²) in [4.78, 5) is 12.1. The number of carbonyl (C=O) groups excluding carboxylic acids is 1. The van der Waals surface area contributed by atoms with Crippen molar-refractivity contribution in [2.75, 3.05) is 7.11 Å². The van der Waals surface area contributed by atoms with Gasteiger partial charge in [0.2, 0.25) is 0 Å². The van der Waals surface area contributed by atoms with Crippen molar-refractivity contribution in [1.29, 1.82) is 0 Å². The smallest absolute Gasteiger partial charge is 0.339 e. The molecule has 0 aliphatic rings. The Kier molecular flexibility index (Phi) is 7.55. The third kappa shape index (κ3) is 5.87. The minimum absolute atomic E-state index is 0.00424. The lowest BCUT2D eigenvalue weighted by molar-refractivity contribution is 0.0955. The lowest BCUT2D eigenvalue weighted by atomic mass is 10.2. The quantitative estimate of drug-likeness (QED) is 0.261. The molecular weight excluding hydrogens is 520 g/mol. The van der Waals surface area contributed by atoms with Crippen molar-refractivity contribution in [1.82, 2.24) is 5.43 Å². The molecule has 1 amide bonds. The first-order valence-corrected chi connectivity index (χ1v) is 11.7. The van der Waals surface area contributed by atoms with Gasteiger partial charge in [0.15, 0.2) is 11.5 Å². The molecule has 0 fully saturated rings. The molecule has 0 spiro atoms. The van der Waals surface area contributed by atoms with E-state index in [2.05, 4.69) is 26.5 Å². The molecule has 0 aliphatic heterocycles. The highest BCUT2D eigenvalue weighted by molar-refractivity contribution is 9.10. The summed E-state index contributed by atoms with van der Waals surface area (Å²) in [6.07, 6.45) is 1.39. The summed E-state index contributed by atoms with van der Waals surface area (Å²) in [6.45, 7) is 1.86. The van der Waals surface area contributed by atoms with Gasteiger partial charge in [0.05, 0.1) is 17.8 Å². The number of halogens is 2. The fourth-order valence-electron chi connectivity index (χ4n) is 2.59. The van der Waals surface area contributed by atoms with Gasteiger partial charge < -0.3 is 8.92 Å². The van der Waals surface area contributed by atoms with Crippen LogP contribution in [0.4, 0.5) is 0 Å². The zero-order valence-corrected chi connectivity index (χ0v) is 20.2. The van der Waals surface area contributed by atoms with Gasteiger partial charge in [0.1, 0.15) is 4.90 Å². The number of nitrogens with zero attached hydrogens (tertiary/aromatic N) is 1. The molecule has 10 heteroatoms. The summed E-state index contributed by atoms with van der Waals surface area (Å²) in [7, 11) is -2.68. The van der Waals surface area contributed by atoms with Crippen molar-refractivity contribution < 1.29 is 22.1 Å². The van der Waals surface area contributed by atoms with E-state index in [9.17, 15) is 13.2 Å². The molecule has 3 aromatic rings. The Balaban J connectivity index is 1.78. The Hall–Kier alpha value is -2.88. The molecule has 0 aromatic heterocycles. The van der Waals surface area contributed by atoms with Gasteiger partial charge >= 0.3 is 10.1 Å². The average molecular weight is 538 g/mol. The van der Waals surface area contributed by atoms with E-state index in [1.165, 1.54) is 31.5 Å². The van der Waals surface area contributed by atoms with Crippen LogP contribution in [0.15, 0.2) is 75.1 Å². The number of carbonyl (C=O) groups is 1. The maximum atomic E-state index is 12.6. The van der Waals surface area contributed by atoms with E-state index < -0.39 is 16.0 Å². The van der Waals surface area contributed by atoms with Crippen molar-refractivity contribution in [3.63, 3.8) is 0 Å². The first-order valence-electron chi connectivity index (χ1n) is 9.17. The number of aryl methyl sites for hydroxylation is 1. The van der Waals surface area contributed by atoms with Gasteiger partial charge in [0, 0.05) is 10.6 Å². The van der Waals surface area contributed by atoms with Crippen LogP contribution in [0.1, 0.15) is 21.5 Å². The highest BCUT2D eigenvalue weighted by atomic mass is 79.9. The molecule has 0 aliphatic carbocycles. The number of hydrogen-bond acceptors (Lipinski definition) is 6. The molecule has 3 aromatic carbocycles. The number of hydrazone groups is 1. The molecule has 166 valence electrons. The van der Waals surface area contributed by atoms with Crippen LogP contribution in [0.2, 0.25) is 5.02 Å². The van der Waals surface area contributed by atoms with Gasteiger partial charge in [-0.1, -0.05) is 29.3 Å². The molecule has 0 heterocycles. The predicted octanol–water partition coefficient (Wildman–Crippen LogP) is 4.95. The van der Waals surface area contributed by atoms with E-state index >= 15 is 0 Å². The molecule has 3 rings (SSSR count). The maximum absolute atomic E-state index is 12.6. The second-order valence-corrected chi connectivity index (χ2v) is 9.43. The van der Waals surface area contributed by atoms with Crippen molar-refractivity contribution in [2.45, 2.75) is 11.8 Å². The summed E-state index contributed by atoms with van der Waals surface area (Å²) < 4.78 is 36.2. The van der Waals surface area contributed by atoms with Gasteiger partial charge in [-0.25, -0.2) is 5.43 Å². The normalized spacial score (nSPS) is 11.4. The zero-order valence-electron chi connectivity index (χ0n) is 17.0. The second-order valence-electron chi connectivity index (χ2n) is 6.59. The minimum atomic E-state index is -4.07. The highest BCUT2D eigenvalue weighted by Gasteiger charge is 2.22. The molecule has 0 bridgehead atoms. The van der Waals surface area contributed by atoms with E-state index in [4.69, 9.17) is 20.5 Å². The largest absolute Gasteiger partial charge is 0.493 e. The number of ether oxygens (including phenoxy) is 1. The van der Waals surface area contributed by atoms with Gasteiger partial charge in [-0.2, -0.15) is 13.5 Å². The van der Waals surface area contributed by atoms with Gasteiger partial charge in [0.25, 0.3) is 5.91 Å². The lowest BCUT2D eigenvalue weighted by Crippen LogP contribution is -2.17. The summed E-state index contributed by atoms with van der Waals surface area (Å²) in [5.74, 6) is -0.246. The van der Waals surface area contributed by atoms with E-state index in [0.29, 0.717) is 20.6 Å². The van der Waals surface area contributed by atoms with E-state index in [-0.39, 0.29) is 16.4 Å². The second kappa shape index (κ2) is 10.2. The zero-order chi connectivity index (χ0) is 23.3. The van der Waals surface area contributed by atoms with E-state index in [1.54, 1.807) is 42.5 Å². The van der Waals surface area contributed by atoms with Crippen molar-refractivity contribution in [3.05, 3.63) is 86.8 Å². The molecule has 7 nitrogen and oxygen atoms in total. The van der Waals surface area contributed by atoms with Crippen molar-refractivity contribution >= 4 is 49.8 Å². The SMILES string of the molecule is COc1cc(/C=N\NC(=O)c2ccc(Cl)cc2)cc(Br)c1OS(=O)(=O)c1ccc(C)cc1. The first kappa shape index (κ1) is 23.8. The summed E-state index contributed by atoms with van der Waals surface area (Å²) >= 11 is 9.12. The van der Waals surface area contributed by atoms with Crippen LogP contribution < -0.4 is 14.3 Å². The standard InChI is InChI=1S/C22H18BrClN2O5S/c1-14-3-9-18(10-4-14)32(28,29)31-21-19(23)11-15(12-20(21)30-2)13-25-26-22(27)16-5-7-17(24)8-6-16/h3-13H,1-2H3,(H,26,27)/b25-13-. The predicted molar refractivity (Wildman–Crippen MR) is 126 cm³/mol. The number of amides is 1. The number of rotatable bonds is 7. The Bertz CT molecular complexity index is 1260. The Labute approximate surface area is 199 Å². The fraction of sp³-hybridized carbons (Fsp3) is 0.0909. The number of nitrogens with one attached hydrogen (secondary N) is 1. The first-order chi connectivity index (χ1) is 15.2. The molecule has 0 saturated heterocycles. The molecule has 1 N–H and O–H groups in total. The molecule has 32 heavy (non-hydrogen) atoms. The van der Waals surface area contributed by atoms with Crippen LogP contribution in [-0.4, -0.2) is 27.6 Å². The van der Waals surface area contributed by atoms with Crippen LogP contribution in [0.5, 0.6) is 11.5 Å². The third-order valence-electron chi connectivity index (χ3n) is 4.24. The Morgan fingerprint density at radius 1 is 1.09 bits per heavy atom. The van der Waals surface area contributed by atoms with Crippen LogP contribution in [0.25, 0.3) is 0 Å². The Morgan fingerprint density at radius 3 is 2.38 bits per heavy atom. The number of methoxy groups -OCH3 is 1. The lowest BCUT2D eigenvalue weighted by Gasteiger charge is -2.13. The minimum Gasteiger partial charge on any atom is -0.493 e. The topological polar surface area (TPSA) is 94.1 Å². The van der Waals surface area contributed by atoms with Crippen LogP contribution in [0, 0.1) is 6.92 Å². The number of hydrogen-bond donors (Lipinski definition) is 1. The van der Waals surface area contributed by atoms with Gasteiger partial charge in [-0.15, -0.1) is 0 Å². The van der Waals surface area contributed by atoms with Crippen LogP contribution in [0.3, 0.4) is 0 Å². The third-order valence-corrected chi connectivity index (χ3v) is 6.32.